The number of ether oxygens (including phenoxy) is 1. The minimum absolute atomic E-state index is 0. The summed E-state index contributed by atoms with van der Waals surface area (Å²) in [4.78, 5) is 11.1. The summed E-state index contributed by atoms with van der Waals surface area (Å²) in [6.45, 7) is 10.8. The molecular formula is C17H29IN4O2. The van der Waals surface area contributed by atoms with E-state index in [1.54, 1.807) is 0 Å². The Morgan fingerprint density at radius 2 is 2.21 bits per heavy atom. The van der Waals surface area contributed by atoms with Crippen molar-refractivity contribution >= 4 is 29.9 Å². The van der Waals surface area contributed by atoms with E-state index in [1.807, 2.05) is 13.2 Å². The van der Waals surface area contributed by atoms with Gasteiger partial charge in [0.15, 0.2) is 5.96 Å². The molecule has 0 amide bonds. The van der Waals surface area contributed by atoms with Gasteiger partial charge in [-0.25, -0.2) is 4.98 Å². The van der Waals surface area contributed by atoms with E-state index in [0.29, 0.717) is 17.9 Å². The van der Waals surface area contributed by atoms with E-state index in [9.17, 15) is 0 Å². The van der Waals surface area contributed by atoms with E-state index in [4.69, 9.17) is 9.15 Å². The molecule has 0 radical (unpaired) electrons. The molecule has 2 aliphatic heterocycles. The zero-order valence-corrected chi connectivity index (χ0v) is 17.4. The molecule has 1 aromatic heterocycles. The van der Waals surface area contributed by atoms with Gasteiger partial charge >= 0.3 is 0 Å². The summed E-state index contributed by atoms with van der Waals surface area (Å²) in [5.74, 6) is 2.53. The van der Waals surface area contributed by atoms with Crippen molar-refractivity contribution in [2.75, 3.05) is 33.4 Å². The SMILES string of the molecule is CN=C(NCc1ncc(C(C)(C)C)o1)N1CCC2(CCOC2)C1.I. The van der Waals surface area contributed by atoms with Crippen molar-refractivity contribution in [2.24, 2.45) is 10.4 Å². The Bertz CT molecular complexity index is 573. The van der Waals surface area contributed by atoms with E-state index in [0.717, 1.165) is 44.4 Å². The molecule has 2 aliphatic rings. The first-order chi connectivity index (χ1) is 10.9. The van der Waals surface area contributed by atoms with Crippen LogP contribution in [0.1, 0.15) is 45.3 Å². The van der Waals surface area contributed by atoms with Gasteiger partial charge in [0, 0.05) is 37.6 Å². The molecule has 1 spiro atoms. The highest BCUT2D eigenvalue weighted by Gasteiger charge is 2.42. The normalized spacial score (nSPS) is 24.5. The zero-order valence-electron chi connectivity index (χ0n) is 15.1. The first-order valence-electron chi connectivity index (χ1n) is 8.40. The van der Waals surface area contributed by atoms with Crippen molar-refractivity contribution in [1.82, 2.24) is 15.2 Å². The van der Waals surface area contributed by atoms with Gasteiger partial charge in [-0.15, -0.1) is 24.0 Å². The number of hydrogen-bond acceptors (Lipinski definition) is 4. The van der Waals surface area contributed by atoms with Gasteiger partial charge in [-0.3, -0.25) is 4.99 Å². The fraction of sp³-hybridized carbons (Fsp3) is 0.765. The Labute approximate surface area is 161 Å². The zero-order chi connectivity index (χ0) is 16.5. The molecule has 0 aliphatic carbocycles. The lowest BCUT2D eigenvalue weighted by Crippen LogP contribution is -2.41. The highest BCUT2D eigenvalue weighted by atomic mass is 127. The highest BCUT2D eigenvalue weighted by Crippen LogP contribution is 2.38. The molecule has 3 rings (SSSR count). The minimum Gasteiger partial charge on any atom is -0.443 e. The summed E-state index contributed by atoms with van der Waals surface area (Å²) in [6, 6.07) is 0. The van der Waals surface area contributed by atoms with Crippen LogP contribution in [0.15, 0.2) is 15.6 Å². The van der Waals surface area contributed by atoms with E-state index in [-0.39, 0.29) is 29.4 Å². The topological polar surface area (TPSA) is 62.9 Å². The molecule has 2 saturated heterocycles. The van der Waals surface area contributed by atoms with Crippen LogP contribution in [0.4, 0.5) is 0 Å². The maximum absolute atomic E-state index is 5.83. The van der Waals surface area contributed by atoms with E-state index >= 15 is 0 Å². The van der Waals surface area contributed by atoms with Crippen molar-refractivity contribution in [3.8, 4) is 0 Å². The second kappa shape index (κ2) is 7.59. The summed E-state index contributed by atoms with van der Waals surface area (Å²) in [5, 5.41) is 3.38. The molecule has 2 fully saturated rings. The van der Waals surface area contributed by atoms with Gasteiger partial charge in [0.25, 0.3) is 0 Å². The average Bonchev–Trinajstić information content (AvgIpc) is 3.22. The lowest BCUT2D eigenvalue weighted by atomic mass is 9.87. The Hall–Kier alpha value is -0.830. The molecule has 3 heterocycles. The third kappa shape index (κ3) is 4.22. The van der Waals surface area contributed by atoms with Crippen LogP contribution in [0.5, 0.6) is 0 Å². The number of hydrogen-bond donors (Lipinski definition) is 1. The second-order valence-corrected chi connectivity index (χ2v) is 7.74. The molecule has 136 valence electrons. The molecule has 7 heteroatoms. The Balaban J connectivity index is 0.00000208. The van der Waals surface area contributed by atoms with Crippen molar-refractivity contribution in [3.05, 3.63) is 17.8 Å². The molecule has 0 bridgehead atoms. The highest BCUT2D eigenvalue weighted by molar-refractivity contribution is 14.0. The van der Waals surface area contributed by atoms with Gasteiger partial charge < -0.3 is 19.4 Å². The molecule has 1 aromatic rings. The maximum Gasteiger partial charge on any atom is 0.213 e. The second-order valence-electron chi connectivity index (χ2n) is 7.74. The molecule has 0 saturated carbocycles. The van der Waals surface area contributed by atoms with Crippen LogP contribution in [0.2, 0.25) is 0 Å². The molecular weight excluding hydrogens is 419 g/mol. The molecule has 1 unspecified atom stereocenters. The summed E-state index contributed by atoms with van der Waals surface area (Å²) in [7, 11) is 1.83. The maximum atomic E-state index is 5.83. The lowest BCUT2D eigenvalue weighted by molar-refractivity contribution is 0.156. The molecule has 24 heavy (non-hydrogen) atoms. The number of halogens is 1. The van der Waals surface area contributed by atoms with Crippen molar-refractivity contribution < 1.29 is 9.15 Å². The molecule has 1 atom stereocenters. The third-order valence-electron chi connectivity index (χ3n) is 4.83. The smallest absolute Gasteiger partial charge is 0.213 e. The van der Waals surface area contributed by atoms with Crippen molar-refractivity contribution in [1.29, 1.82) is 0 Å². The summed E-state index contributed by atoms with van der Waals surface area (Å²) < 4.78 is 11.4. The van der Waals surface area contributed by atoms with Crippen LogP contribution in [0.3, 0.4) is 0 Å². The number of guanidine groups is 1. The standard InChI is InChI=1S/C17H28N4O2.HI/c1-16(2,3)13-9-19-14(23-13)10-20-15(18-4)21-7-5-17(11-21)6-8-22-12-17;/h9H,5-8,10-12H2,1-4H3,(H,18,20);1H. The Kier molecular flexibility index (Phi) is 6.17. The molecule has 1 N–H and O–H groups in total. The van der Waals surface area contributed by atoms with Crippen LogP contribution < -0.4 is 5.32 Å². The van der Waals surface area contributed by atoms with Gasteiger partial charge in [-0.1, -0.05) is 20.8 Å². The van der Waals surface area contributed by atoms with Gasteiger partial charge in [0.05, 0.1) is 19.3 Å². The lowest BCUT2D eigenvalue weighted by Gasteiger charge is -2.24. The number of nitrogens with one attached hydrogen (secondary N) is 1. The van der Waals surface area contributed by atoms with Crippen LogP contribution in [0.25, 0.3) is 0 Å². The van der Waals surface area contributed by atoms with Gasteiger partial charge in [0.2, 0.25) is 5.89 Å². The summed E-state index contributed by atoms with van der Waals surface area (Å²) in [6.07, 6.45) is 4.16. The predicted octanol–water partition coefficient (Wildman–Crippen LogP) is 2.78. The minimum atomic E-state index is -0.0171. The van der Waals surface area contributed by atoms with Gasteiger partial charge in [-0.2, -0.15) is 0 Å². The average molecular weight is 448 g/mol. The van der Waals surface area contributed by atoms with E-state index in [2.05, 4.69) is 41.0 Å². The number of rotatable bonds is 2. The Morgan fingerprint density at radius 1 is 1.42 bits per heavy atom. The van der Waals surface area contributed by atoms with E-state index in [1.165, 1.54) is 6.42 Å². The van der Waals surface area contributed by atoms with Gasteiger partial charge in [0.1, 0.15) is 5.76 Å². The van der Waals surface area contributed by atoms with Crippen molar-refractivity contribution in [2.45, 2.75) is 45.6 Å². The Morgan fingerprint density at radius 3 is 2.79 bits per heavy atom. The van der Waals surface area contributed by atoms with Crippen LogP contribution in [0, 0.1) is 5.41 Å². The van der Waals surface area contributed by atoms with Crippen LogP contribution >= 0.6 is 24.0 Å². The van der Waals surface area contributed by atoms with E-state index < -0.39 is 0 Å². The summed E-state index contributed by atoms with van der Waals surface area (Å²) in [5.41, 5.74) is 0.316. The fourth-order valence-corrected chi connectivity index (χ4v) is 3.31. The molecule has 0 aromatic carbocycles. The molecule has 6 nitrogen and oxygen atoms in total. The largest absolute Gasteiger partial charge is 0.443 e. The predicted molar refractivity (Wildman–Crippen MR) is 105 cm³/mol. The number of likely N-dealkylation sites (tertiary alicyclic amines) is 1. The number of oxazole rings is 1. The van der Waals surface area contributed by atoms with Crippen LogP contribution in [-0.2, 0) is 16.7 Å². The number of aliphatic imine (C=N–C) groups is 1. The summed E-state index contributed by atoms with van der Waals surface area (Å²) >= 11 is 0. The first-order valence-corrected chi connectivity index (χ1v) is 8.40. The van der Waals surface area contributed by atoms with Crippen LogP contribution in [-0.4, -0.2) is 49.2 Å². The van der Waals surface area contributed by atoms with Gasteiger partial charge in [-0.05, 0) is 12.8 Å². The van der Waals surface area contributed by atoms with Crippen molar-refractivity contribution in [3.63, 3.8) is 0 Å². The fourth-order valence-electron chi connectivity index (χ4n) is 3.31. The first kappa shape index (κ1) is 19.5. The monoisotopic (exact) mass is 448 g/mol. The quantitative estimate of drug-likeness (QED) is 0.429. The number of nitrogens with zero attached hydrogens (tertiary/aromatic N) is 3. The number of aromatic nitrogens is 1. The third-order valence-corrected chi connectivity index (χ3v) is 4.83.